The first kappa shape index (κ1) is 23.8. The maximum atomic E-state index is 14.0. The van der Waals surface area contributed by atoms with Gasteiger partial charge < -0.3 is 29.3 Å². The van der Waals surface area contributed by atoms with Crippen LogP contribution in [0, 0.1) is 0 Å². The predicted octanol–water partition coefficient (Wildman–Crippen LogP) is 3.33. The standard InChI is InChI=1S/C23H30Cl2N4O5/c1-21(2,3)34-20(32)27-6-7-28-19(31)14-16(33-13-9-23(13,28)11-27)15(24)17(25)26-18(14)29-10-12(30)8-22(29,4)5/h12-13,30H,6-11H2,1-5H3/t12?,13?,23-/m0/s1. The molecule has 1 aromatic rings. The summed E-state index contributed by atoms with van der Waals surface area (Å²) < 4.78 is 11.9. The van der Waals surface area contributed by atoms with Crippen LogP contribution in [0.2, 0.25) is 10.2 Å². The van der Waals surface area contributed by atoms with Gasteiger partial charge in [0.15, 0.2) is 10.9 Å². The molecule has 1 aliphatic carbocycles. The summed E-state index contributed by atoms with van der Waals surface area (Å²) in [5.74, 6) is 0.331. The van der Waals surface area contributed by atoms with E-state index in [1.165, 1.54) is 0 Å². The molecular formula is C23H30Cl2N4O5. The van der Waals surface area contributed by atoms with Crippen LogP contribution in [-0.2, 0) is 4.74 Å². The number of carbonyl (C=O) groups excluding carboxylic acids is 2. The molecule has 3 fully saturated rings. The lowest BCUT2D eigenvalue weighted by Crippen LogP contribution is -2.60. The van der Waals surface area contributed by atoms with Crippen LogP contribution in [0.25, 0.3) is 0 Å². The highest BCUT2D eigenvalue weighted by Gasteiger charge is 2.67. The number of aromatic nitrogens is 1. The van der Waals surface area contributed by atoms with Crippen molar-refractivity contribution in [2.24, 2.45) is 0 Å². The fraction of sp³-hybridized carbons (Fsp3) is 0.696. The third kappa shape index (κ3) is 3.67. The first-order valence-electron chi connectivity index (χ1n) is 11.5. The second-order valence-corrected chi connectivity index (χ2v) is 12.0. The molecule has 1 spiro atoms. The van der Waals surface area contributed by atoms with Crippen molar-refractivity contribution in [3.05, 3.63) is 15.7 Å². The van der Waals surface area contributed by atoms with E-state index in [2.05, 4.69) is 4.98 Å². The Kier molecular flexibility index (Phi) is 5.25. The Hall–Kier alpha value is -1.97. The number of carbonyl (C=O) groups is 2. The van der Waals surface area contributed by atoms with E-state index in [0.29, 0.717) is 44.8 Å². The van der Waals surface area contributed by atoms with E-state index in [9.17, 15) is 14.7 Å². The summed E-state index contributed by atoms with van der Waals surface area (Å²) in [7, 11) is 0. The molecule has 11 heteroatoms. The first-order chi connectivity index (χ1) is 15.7. The number of aliphatic hydroxyl groups excluding tert-OH is 1. The van der Waals surface area contributed by atoms with E-state index in [-0.39, 0.29) is 33.5 Å². The Labute approximate surface area is 208 Å². The molecule has 2 saturated heterocycles. The molecule has 0 aromatic carbocycles. The van der Waals surface area contributed by atoms with Crippen molar-refractivity contribution < 1.29 is 24.2 Å². The SMILES string of the molecule is CC(C)(C)OC(=O)N1CCN2C(=O)c3c(N4CC(O)CC4(C)C)nc(Cl)c(Cl)c3OC3C[C@]32C1. The molecule has 1 saturated carbocycles. The van der Waals surface area contributed by atoms with Crippen LogP contribution in [0.5, 0.6) is 5.75 Å². The summed E-state index contributed by atoms with van der Waals surface area (Å²) in [6, 6.07) is 0. The predicted molar refractivity (Wildman–Crippen MR) is 127 cm³/mol. The number of hydrogen-bond donors (Lipinski definition) is 1. The zero-order valence-corrected chi connectivity index (χ0v) is 21.5. The average molecular weight is 513 g/mol. The number of piperazine rings is 1. The highest BCUT2D eigenvalue weighted by molar-refractivity contribution is 6.42. The number of pyridine rings is 1. The minimum Gasteiger partial charge on any atom is -0.485 e. The number of rotatable bonds is 1. The quantitative estimate of drug-likeness (QED) is 0.576. The van der Waals surface area contributed by atoms with Crippen LogP contribution in [-0.4, -0.2) is 87.0 Å². The van der Waals surface area contributed by atoms with E-state index in [1.807, 2.05) is 39.5 Å². The number of halogens is 2. The van der Waals surface area contributed by atoms with Gasteiger partial charge >= 0.3 is 6.09 Å². The topological polar surface area (TPSA) is 95.4 Å². The minimum atomic E-state index is -0.654. The van der Waals surface area contributed by atoms with Gasteiger partial charge in [-0.25, -0.2) is 9.78 Å². The molecule has 0 radical (unpaired) electrons. The van der Waals surface area contributed by atoms with Crippen molar-refractivity contribution in [1.82, 2.24) is 14.8 Å². The van der Waals surface area contributed by atoms with Gasteiger partial charge in [0.2, 0.25) is 0 Å². The van der Waals surface area contributed by atoms with Crippen LogP contribution < -0.4 is 9.64 Å². The van der Waals surface area contributed by atoms with Crippen molar-refractivity contribution >= 4 is 41.0 Å². The summed E-state index contributed by atoms with van der Waals surface area (Å²) in [5, 5.41) is 10.5. The van der Waals surface area contributed by atoms with Crippen LogP contribution in [0.3, 0.4) is 0 Å². The van der Waals surface area contributed by atoms with Gasteiger partial charge in [-0.05, 0) is 41.0 Å². The van der Waals surface area contributed by atoms with Crippen LogP contribution in [0.4, 0.5) is 10.6 Å². The second-order valence-electron chi connectivity index (χ2n) is 11.3. The Balaban J connectivity index is 1.53. The molecule has 0 bridgehead atoms. The Morgan fingerprint density at radius 1 is 1.21 bits per heavy atom. The largest absolute Gasteiger partial charge is 0.485 e. The van der Waals surface area contributed by atoms with Gasteiger partial charge in [-0.15, -0.1) is 0 Å². The van der Waals surface area contributed by atoms with Gasteiger partial charge in [-0.1, -0.05) is 23.2 Å². The number of anilines is 1. The van der Waals surface area contributed by atoms with Crippen LogP contribution in [0.1, 0.15) is 57.8 Å². The van der Waals surface area contributed by atoms with Gasteiger partial charge in [-0.2, -0.15) is 0 Å². The minimum absolute atomic E-state index is 0.0466. The first-order valence-corrected chi connectivity index (χ1v) is 12.3. The lowest BCUT2D eigenvalue weighted by molar-refractivity contribution is -0.00309. The van der Waals surface area contributed by atoms with Crippen molar-refractivity contribution in [3.63, 3.8) is 0 Å². The highest BCUT2D eigenvalue weighted by atomic mass is 35.5. The van der Waals surface area contributed by atoms with Crippen molar-refractivity contribution in [3.8, 4) is 5.75 Å². The number of hydrogen-bond acceptors (Lipinski definition) is 7. The second kappa shape index (κ2) is 7.51. The van der Waals surface area contributed by atoms with Gasteiger partial charge in [0.05, 0.1) is 12.6 Å². The number of ether oxygens (including phenoxy) is 2. The molecule has 3 aliphatic heterocycles. The third-order valence-electron chi connectivity index (χ3n) is 7.09. The van der Waals surface area contributed by atoms with Crippen LogP contribution in [0.15, 0.2) is 0 Å². The van der Waals surface area contributed by atoms with E-state index in [4.69, 9.17) is 32.7 Å². The molecule has 2 amide bonds. The van der Waals surface area contributed by atoms with Crippen molar-refractivity contribution in [2.75, 3.05) is 31.1 Å². The number of β-amino-alcohol motifs (C(OH)–C–C–N with tert-alkyl or cyclic N) is 1. The summed E-state index contributed by atoms with van der Waals surface area (Å²) in [6.45, 7) is 10.8. The van der Waals surface area contributed by atoms with Gasteiger partial charge in [-0.3, -0.25) is 4.79 Å². The van der Waals surface area contributed by atoms with Crippen LogP contribution >= 0.6 is 23.2 Å². The summed E-state index contributed by atoms with van der Waals surface area (Å²) >= 11 is 12.9. The van der Waals surface area contributed by atoms with E-state index in [0.717, 1.165) is 0 Å². The monoisotopic (exact) mass is 512 g/mol. The number of aliphatic hydroxyl groups is 1. The number of amides is 2. The van der Waals surface area contributed by atoms with Crippen molar-refractivity contribution in [2.45, 2.75) is 76.3 Å². The maximum absolute atomic E-state index is 14.0. The van der Waals surface area contributed by atoms with Crippen molar-refractivity contribution in [1.29, 1.82) is 0 Å². The Morgan fingerprint density at radius 3 is 2.53 bits per heavy atom. The fourth-order valence-electron chi connectivity index (χ4n) is 5.45. The zero-order chi connectivity index (χ0) is 24.8. The summed E-state index contributed by atoms with van der Waals surface area (Å²) in [6.07, 6.45) is -0.181. The lowest BCUT2D eigenvalue weighted by Gasteiger charge is -2.42. The summed E-state index contributed by atoms with van der Waals surface area (Å²) in [5.41, 5.74) is -1.45. The van der Waals surface area contributed by atoms with E-state index >= 15 is 0 Å². The molecule has 34 heavy (non-hydrogen) atoms. The van der Waals surface area contributed by atoms with E-state index < -0.39 is 28.9 Å². The molecule has 4 aliphatic rings. The lowest BCUT2D eigenvalue weighted by atomic mass is 10.0. The molecule has 4 heterocycles. The molecule has 2 unspecified atom stereocenters. The Morgan fingerprint density at radius 2 is 1.91 bits per heavy atom. The average Bonchev–Trinajstić information content (AvgIpc) is 3.30. The van der Waals surface area contributed by atoms with E-state index in [1.54, 1.807) is 9.80 Å². The fourth-order valence-corrected chi connectivity index (χ4v) is 5.80. The Bertz CT molecular complexity index is 1070. The third-order valence-corrected chi connectivity index (χ3v) is 7.82. The van der Waals surface area contributed by atoms with Gasteiger partial charge in [0.1, 0.15) is 33.6 Å². The molecule has 9 nitrogen and oxygen atoms in total. The van der Waals surface area contributed by atoms with Gasteiger partial charge in [0, 0.05) is 31.6 Å². The molecule has 3 atom stereocenters. The smallest absolute Gasteiger partial charge is 0.410 e. The molecular weight excluding hydrogens is 483 g/mol. The molecule has 1 aromatic heterocycles. The zero-order valence-electron chi connectivity index (χ0n) is 20.0. The highest BCUT2D eigenvalue weighted by Crippen LogP contribution is 2.54. The maximum Gasteiger partial charge on any atom is 0.410 e. The number of nitrogens with zero attached hydrogens (tertiary/aromatic N) is 4. The number of fused-ring (bicyclic) bond motifs is 1. The summed E-state index contributed by atoms with van der Waals surface area (Å²) in [4.78, 5) is 36.6. The normalized spacial score (nSPS) is 29.6. The molecule has 5 rings (SSSR count). The van der Waals surface area contributed by atoms with Gasteiger partial charge in [0.25, 0.3) is 5.91 Å². The molecule has 186 valence electrons. The molecule has 1 N–H and O–H groups in total.